The summed E-state index contributed by atoms with van der Waals surface area (Å²) in [5.41, 5.74) is 0. The van der Waals surface area contributed by atoms with E-state index < -0.39 is 0 Å². The predicted octanol–water partition coefficient (Wildman–Crippen LogP) is 11.8. The third-order valence-electron chi connectivity index (χ3n) is 10.6. The molecule has 0 radical (unpaired) electrons. The molecule has 0 saturated heterocycles. The monoisotopic (exact) mass is 662 g/mol. The zero-order valence-electron chi connectivity index (χ0n) is 25.5. The Kier molecular flexibility index (Phi) is 18.0. The predicted molar refractivity (Wildman–Crippen MR) is 179 cm³/mol. The van der Waals surface area contributed by atoms with Gasteiger partial charge in [-0.25, -0.2) is 0 Å². The van der Waals surface area contributed by atoms with Gasteiger partial charge in [-0.05, 0) is 88.9 Å². The summed E-state index contributed by atoms with van der Waals surface area (Å²) in [6, 6.07) is 0. The maximum atomic E-state index is 3.30. The van der Waals surface area contributed by atoms with Crippen molar-refractivity contribution in [3.05, 3.63) is 48.6 Å². The van der Waals surface area contributed by atoms with E-state index in [1.807, 2.05) is 0 Å². The van der Waals surface area contributed by atoms with Crippen LogP contribution in [-0.4, -0.2) is 10.3 Å². The molecule has 0 aromatic rings. The Balaban J connectivity index is 0.000000267. The van der Waals surface area contributed by atoms with Crippen molar-refractivity contribution in [1.29, 1.82) is 0 Å². The minimum Gasteiger partial charge on any atom is -0.126 e. The molecule has 226 valence electrons. The molecule has 39 heavy (non-hydrogen) atoms. The van der Waals surface area contributed by atoms with Gasteiger partial charge in [0.2, 0.25) is 0 Å². The van der Waals surface area contributed by atoms with Gasteiger partial charge in [-0.1, -0.05) is 126 Å². The molecule has 0 spiro atoms. The molecular formula is C36H62P2Pd. The minimum atomic E-state index is 0. The van der Waals surface area contributed by atoms with Crippen molar-refractivity contribution in [3.8, 4) is 0 Å². The summed E-state index contributed by atoms with van der Waals surface area (Å²) < 4.78 is 0. The molecule has 0 heterocycles. The van der Waals surface area contributed by atoms with Crippen LogP contribution >= 0.6 is 18.5 Å². The smallest absolute Gasteiger partial charge is 0.00862 e. The second-order valence-corrected chi connectivity index (χ2v) is 15.1. The molecule has 0 aromatic heterocycles. The first-order chi connectivity index (χ1) is 18.5. The summed E-state index contributed by atoms with van der Waals surface area (Å²) in [6.07, 6.45) is 47.3. The van der Waals surface area contributed by atoms with E-state index in [0.29, 0.717) is 10.3 Å². The molecule has 4 saturated carbocycles. The average Bonchev–Trinajstić information content (AvgIpc) is 2.99. The fourth-order valence-corrected chi connectivity index (χ4v) is 9.84. The molecular weight excluding hydrogens is 601 g/mol. The molecule has 0 N–H and O–H groups in total. The summed E-state index contributed by atoms with van der Waals surface area (Å²) >= 11 is 0. The van der Waals surface area contributed by atoms with Crippen LogP contribution in [0.3, 0.4) is 0 Å². The zero-order chi connectivity index (χ0) is 27.1. The fraction of sp³-hybridized carbons (Fsp3) is 0.778. The maximum absolute atomic E-state index is 3.30. The van der Waals surface area contributed by atoms with Gasteiger partial charge in [-0.15, -0.1) is 18.5 Å². The van der Waals surface area contributed by atoms with E-state index in [0.717, 1.165) is 23.7 Å². The molecule has 4 aliphatic carbocycles. The molecule has 0 nitrogen and oxygen atoms in total. The Hall–Kier alpha value is 0.482. The van der Waals surface area contributed by atoms with Crippen molar-refractivity contribution in [2.24, 2.45) is 23.7 Å². The standard InChI is InChI=1S/2C18H31P.Pd/c2*1-2-3-10-15-18(19,16-11-6-4-7-12-16)17-13-8-5-9-14-17;/h2*2-3,10,15-17H,4-9,11-14,19H2,1H3;. The van der Waals surface area contributed by atoms with Gasteiger partial charge in [0.25, 0.3) is 0 Å². The van der Waals surface area contributed by atoms with Crippen molar-refractivity contribution < 1.29 is 20.4 Å². The Morgan fingerprint density at radius 1 is 0.410 bits per heavy atom. The van der Waals surface area contributed by atoms with Gasteiger partial charge < -0.3 is 0 Å². The van der Waals surface area contributed by atoms with Crippen LogP contribution in [0.25, 0.3) is 0 Å². The van der Waals surface area contributed by atoms with Crippen LogP contribution in [0, 0.1) is 23.7 Å². The molecule has 0 amide bonds. The van der Waals surface area contributed by atoms with E-state index in [9.17, 15) is 0 Å². The quantitative estimate of drug-likeness (QED) is 0.138. The van der Waals surface area contributed by atoms with Gasteiger partial charge in [0.1, 0.15) is 0 Å². The minimum absolute atomic E-state index is 0. The Morgan fingerprint density at radius 3 is 0.846 bits per heavy atom. The van der Waals surface area contributed by atoms with E-state index in [-0.39, 0.29) is 20.4 Å². The Labute approximate surface area is 262 Å². The second-order valence-electron chi connectivity index (χ2n) is 13.1. The fourth-order valence-electron chi connectivity index (χ4n) is 8.29. The number of hydrogen-bond acceptors (Lipinski definition) is 0. The Morgan fingerprint density at radius 2 is 0.641 bits per heavy atom. The van der Waals surface area contributed by atoms with Gasteiger partial charge in [-0.3, -0.25) is 0 Å². The summed E-state index contributed by atoms with van der Waals surface area (Å²) in [5, 5.41) is 0.751. The van der Waals surface area contributed by atoms with E-state index in [2.05, 4.69) is 80.9 Å². The van der Waals surface area contributed by atoms with Crippen LogP contribution in [0.1, 0.15) is 142 Å². The number of allylic oxidation sites excluding steroid dienone is 8. The topological polar surface area (TPSA) is 0 Å². The molecule has 0 bridgehead atoms. The third-order valence-corrected chi connectivity index (χ3v) is 12.9. The first kappa shape index (κ1) is 35.7. The molecule has 0 aliphatic heterocycles. The van der Waals surface area contributed by atoms with Crippen LogP contribution in [0.5, 0.6) is 0 Å². The van der Waals surface area contributed by atoms with Gasteiger partial charge in [0.05, 0.1) is 0 Å². The summed E-state index contributed by atoms with van der Waals surface area (Å²) in [6.45, 7) is 4.21. The summed E-state index contributed by atoms with van der Waals surface area (Å²) in [4.78, 5) is 0. The molecule has 3 heteroatoms. The van der Waals surface area contributed by atoms with Crippen molar-refractivity contribution in [3.63, 3.8) is 0 Å². The molecule has 2 unspecified atom stereocenters. The summed E-state index contributed by atoms with van der Waals surface area (Å²) in [5.74, 6) is 3.60. The van der Waals surface area contributed by atoms with Gasteiger partial charge >= 0.3 is 0 Å². The van der Waals surface area contributed by atoms with Crippen LogP contribution < -0.4 is 0 Å². The normalized spacial score (nSPS) is 23.9. The first-order valence-corrected chi connectivity index (χ1v) is 17.9. The van der Waals surface area contributed by atoms with Gasteiger partial charge in [0.15, 0.2) is 0 Å². The van der Waals surface area contributed by atoms with Crippen molar-refractivity contribution in [2.75, 3.05) is 0 Å². The van der Waals surface area contributed by atoms with Crippen molar-refractivity contribution in [1.82, 2.24) is 0 Å². The zero-order valence-corrected chi connectivity index (χ0v) is 29.4. The largest absolute Gasteiger partial charge is 0.126 e. The number of hydrogen-bond donors (Lipinski definition) is 0. The van der Waals surface area contributed by atoms with E-state index in [4.69, 9.17) is 0 Å². The van der Waals surface area contributed by atoms with E-state index in [1.54, 1.807) is 0 Å². The third kappa shape index (κ3) is 10.9. The van der Waals surface area contributed by atoms with Crippen LogP contribution in [0.15, 0.2) is 48.6 Å². The molecule has 2 atom stereocenters. The molecule has 4 rings (SSSR count). The number of rotatable bonds is 8. The second kappa shape index (κ2) is 19.6. The van der Waals surface area contributed by atoms with Crippen LogP contribution in [0.4, 0.5) is 0 Å². The molecule has 4 aliphatic rings. The first-order valence-electron chi connectivity index (χ1n) is 16.7. The van der Waals surface area contributed by atoms with Crippen molar-refractivity contribution >= 4 is 18.5 Å². The maximum Gasteiger partial charge on any atom is 0.00862 e. The van der Waals surface area contributed by atoms with Crippen molar-refractivity contribution in [2.45, 2.75) is 153 Å². The van der Waals surface area contributed by atoms with E-state index >= 15 is 0 Å². The SMILES string of the molecule is CC=CC=CC(P)(C1CCCCC1)C1CCCCC1.CC=CC=CC(P)(C1CCCCC1)C1CCCCC1.[Pd]. The van der Waals surface area contributed by atoms with Crippen LogP contribution in [0.2, 0.25) is 0 Å². The summed E-state index contributed by atoms with van der Waals surface area (Å²) in [7, 11) is 6.60. The van der Waals surface area contributed by atoms with Gasteiger partial charge in [0, 0.05) is 30.7 Å². The van der Waals surface area contributed by atoms with Gasteiger partial charge in [-0.2, -0.15) is 0 Å². The molecule has 4 fully saturated rings. The average molecular weight is 663 g/mol. The van der Waals surface area contributed by atoms with E-state index in [1.165, 1.54) is 128 Å². The molecule has 0 aromatic carbocycles. The Bertz CT molecular complexity index is 642. The van der Waals surface area contributed by atoms with Crippen LogP contribution in [-0.2, 0) is 20.4 Å².